The average molecular weight is 367 g/mol. The molecule has 0 spiro atoms. The van der Waals surface area contributed by atoms with Crippen molar-refractivity contribution in [3.05, 3.63) is 42.1 Å². The van der Waals surface area contributed by atoms with Crippen LogP contribution in [0, 0.1) is 0 Å². The Morgan fingerprint density at radius 1 is 1.06 bits per heavy atom. The largest absolute Gasteiger partial charge is 0.147 e. The summed E-state index contributed by atoms with van der Waals surface area (Å²) in [5.74, 6) is 0. The number of allylic oxidation sites excluding steroid dienone is 8. The maximum atomic E-state index is 2.47. The van der Waals surface area contributed by atoms with Crippen molar-refractivity contribution in [2.24, 2.45) is 0 Å². The minimum absolute atomic E-state index is 0. The molecule has 0 aliphatic heterocycles. The first-order chi connectivity index (χ1) is 7.07. The van der Waals surface area contributed by atoms with Crippen LogP contribution in [0.4, 0.5) is 0 Å². The molecule has 0 amide bonds. The van der Waals surface area contributed by atoms with Crippen molar-refractivity contribution in [3.63, 3.8) is 0 Å². The third-order valence-electron chi connectivity index (χ3n) is 2.82. The van der Waals surface area contributed by atoms with Gasteiger partial charge in [-0.3, -0.25) is 0 Å². The Hall–Kier alpha value is 0.640. The molecule has 4 heteroatoms. The third-order valence-corrected chi connectivity index (χ3v) is 9.13. The van der Waals surface area contributed by atoms with E-state index >= 15 is 0 Å². The van der Waals surface area contributed by atoms with E-state index in [2.05, 4.69) is 50.0 Å². The van der Waals surface area contributed by atoms with Crippen LogP contribution in [0.1, 0.15) is 12.8 Å². The zero-order chi connectivity index (χ0) is 10.9. The van der Waals surface area contributed by atoms with Crippen LogP contribution in [0.5, 0.6) is 0 Å². The van der Waals surface area contributed by atoms with Gasteiger partial charge < -0.3 is 0 Å². The Kier molecular flexibility index (Phi) is 7.56. The van der Waals surface area contributed by atoms with E-state index in [4.69, 9.17) is 0 Å². The molecule has 0 aromatic carbocycles. The van der Waals surface area contributed by atoms with Crippen LogP contribution in [0.25, 0.3) is 0 Å². The molecule has 0 aromatic heterocycles. The molecule has 0 bridgehead atoms. The molecule has 0 atom stereocenters. The molecule has 17 heavy (non-hydrogen) atoms. The maximum Gasteiger partial charge on any atom is -0.147 e. The van der Waals surface area contributed by atoms with Gasteiger partial charge in [-0.15, -0.1) is 24.8 Å². The van der Waals surface area contributed by atoms with E-state index in [9.17, 15) is 0 Å². The van der Waals surface area contributed by atoms with E-state index in [-0.39, 0.29) is 24.8 Å². The third kappa shape index (κ3) is 4.67. The minimum Gasteiger partial charge on any atom is -0.147 e. The summed E-state index contributed by atoms with van der Waals surface area (Å²) < 4.78 is 3.61. The Morgan fingerprint density at radius 3 is 2.29 bits per heavy atom. The molecule has 0 N–H and O–H groups in total. The van der Waals surface area contributed by atoms with Crippen molar-refractivity contribution < 1.29 is 23.2 Å². The predicted octanol–water partition coefficient (Wildman–Crippen LogP) is 4.85. The zero-order valence-electron chi connectivity index (χ0n) is 10.6. The van der Waals surface area contributed by atoms with Gasteiger partial charge in [0.2, 0.25) is 0 Å². The zero-order valence-corrected chi connectivity index (χ0v) is 15.7. The first kappa shape index (κ1) is 17.6. The summed E-state index contributed by atoms with van der Waals surface area (Å²) in [4.78, 5) is 0. The molecule has 0 saturated carbocycles. The van der Waals surface area contributed by atoms with E-state index in [1.165, 1.54) is 12.8 Å². The Labute approximate surface area is 130 Å². The smallest absolute Gasteiger partial charge is 0.147 e. The van der Waals surface area contributed by atoms with Gasteiger partial charge >= 0.3 is 106 Å². The van der Waals surface area contributed by atoms with Crippen molar-refractivity contribution in [3.8, 4) is 0 Å². The van der Waals surface area contributed by atoms with Gasteiger partial charge in [0, 0.05) is 0 Å². The van der Waals surface area contributed by atoms with E-state index in [1.807, 2.05) is 3.28 Å². The summed E-state index contributed by atoms with van der Waals surface area (Å²) in [5.41, 5.74) is 0. The van der Waals surface area contributed by atoms with Crippen LogP contribution in [0.2, 0.25) is 19.6 Å². The topological polar surface area (TPSA) is 0 Å². The van der Waals surface area contributed by atoms with Crippen molar-refractivity contribution in [2.45, 2.75) is 32.5 Å². The van der Waals surface area contributed by atoms with Crippen LogP contribution in [0.15, 0.2) is 42.1 Å². The Bertz CT molecular complexity index is 387. The van der Waals surface area contributed by atoms with Crippen molar-refractivity contribution in [1.82, 2.24) is 0 Å². The van der Waals surface area contributed by atoms with Gasteiger partial charge in [-0.25, -0.2) is 0 Å². The molecule has 2 rings (SSSR count). The number of rotatable bonds is 3. The van der Waals surface area contributed by atoms with Crippen molar-refractivity contribution in [2.75, 3.05) is 0 Å². The maximum absolute atomic E-state index is 2.47. The fourth-order valence-corrected chi connectivity index (χ4v) is 9.83. The number of hydrogen-bond donors (Lipinski definition) is 0. The number of halogens is 2. The van der Waals surface area contributed by atoms with Gasteiger partial charge in [0.25, 0.3) is 0 Å². The van der Waals surface area contributed by atoms with Crippen molar-refractivity contribution >= 4 is 32.9 Å². The molecule has 0 fully saturated rings. The van der Waals surface area contributed by atoms with Crippen LogP contribution < -0.4 is 0 Å². The van der Waals surface area contributed by atoms with Gasteiger partial charge in [0.05, 0.1) is 0 Å². The van der Waals surface area contributed by atoms with Crippen LogP contribution in [0.3, 0.4) is 0 Å². The van der Waals surface area contributed by atoms with Crippen LogP contribution in [-0.4, -0.2) is 8.07 Å². The van der Waals surface area contributed by atoms with Crippen LogP contribution >= 0.6 is 24.8 Å². The normalized spacial score (nSPS) is 17.7. The minimum atomic E-state index is -1.07. The molecule has 0 nitrogen and oxygen atoms in total. The second-order valence-corrected chi connectivity index (χ2v) is 13.9. The Morgan fingerprint density at radius 2 is 1.76 bits per heavy atom. The standard InChI is InChI=1S/C8H13Si.C5H5.2ClH.Zr/c1-9(2,3)8-6-4-5-7-8;1-2-4-5-3-1;;;/h4,6H,5H2,1-3H3;1-3H,4H2;2*1H;. The van der Waals surface area contributed by atoms with Gasteiger partial charge in [-0.2, -0.15) is 0 Å². The first-order valence-corrected chi connectivity index (χ1v) is 11.6. The summed E-state index contributed by atoms with van der Waals surface area (Å²) >= 11 is -0.408. The molecule has 94 valence electrons. The molecule has 2 aliphatic carbocycles. The van der Waals surface area contributed by atoms with Crippen LogP contribution in [-0.2, 0) is 23.2 Å². The molecule has 0 aromatic rings. The molecule has 0 radical (unpaired) electrons. The van der Waals surface area contributed by atoms with Gasteiger partial charge in [0.1, 0.15) is 0 Å². The SMILES string of the molecule is C[Si](C)(C)C1=[C]([Zr][C]2=CC=CC2)CC=C1.Cl.Cl. The van der Waals surface area contributed by atoms with E-state index < -0.39 is 31.3 Å². The predicted molar refractivity (Wildman–Crippen MR) is 80.5 cm³/mol. The second-order valence-electron chi connectivity index (χ2n) is 5.20. The quantitative estimate of drug-likeness (QED) is 0.627. The summed E-state index contributed by atoms with van der Waals surface area (Å²) in [5, 5.41) is 1.77. The van der Waals surface area contributed by atoms with E-state index in [0.717, 1.165) is 0 Å². The summed E-state index contributed by atoms with van der Waals surface area (Å²) in [6.45, 7) is 7.41. The average Bonchev–Trinajstić information content (AvgIpc) is 2.73. The first-order valence-electron chi connectivity index (χ1n) is 5.60. The second kappa shape index (κ2) is 7.28. The number of hydrogen-bond acceptors (Lipinski definition) is 0. The molecular weight excluding hydrogens is 346 g/mol. The van der Waals surface area contributed by atoms with Gasteiger partial charge in [-0.1, -0.05) is 0 Å². The molecule has 0 heterocycles. The molecule has 2 aliphatic rings. The molecule has 0 saturated heterocycles. The monoisotopic (exact) mass is 364 g/mol. The summed E-state index contributed by atoms with van der Waals surface area (Å²) in [6.07, 6.45) is 14.2. The fourth-order valence-electron chi connectivity index (χ4n) is 2.06. The van der Waals surface area contributed by atoms with Gasteiger partial charge in [0.15, 0.2) is 0 Å². The summed E-state index contributed by atoms with van der Waals surface area (Å²) in [6, 6.07) is 0. The Balaban J connectivity index is 0.00000128. The van der Waals surface area contributed by atoms with Crippen molar-refractivity contribution in [1.29, 1.82) is 0 Å². The molecular formula is C13H20Cl2SiZr. The van der Waals surface area contributed by atoms with E-state index in [1.54, 1.807) is 8.48 Å². The fraction of sp³-hybridized carbons (Fsp3) is 0.385. The van der Waals surface area contributed by atoms with Gasteiger partial charge in [-0.05, 0) is 0 Å². The van der Waals surface area contributed by atoms with E-state index in [0.29, 0.717) is 0 Å². The summed E-state index contributed by atoms with van der Waals surface area (Å²) in [7, 11) is -1.07. The molecule has 0 unspecified atom stereocenters.